The summed E-state index contributed by atoms with van der Waals surface area (Å²) in [6, 6.07) is 7.54. The van der Waals surface area contributed by atoms with E-state index in [1.54, 1.807) is 15.8 Å². The topological polar surface area (TPSA) is 82.0 Å². The summed E-state index contributed by atoms with van der Waals surface area (Å²) >= 11 is 5.99. The molecule has 1 aromatic heterocycles. The van der Waals surface area contributed by atoms with E-state index in [9.17, 15) is 13.2 Å². The molecule has 186 valence electrons. The van der Waals surface area contributed by atoms with Gasteiger partial charge >= 0.3 is 0 Å². The summed E-state index contributed by atoms with van der Waals surface area (Å²) in [5.41, 5.74) is 1.19. The van der Waals surface area contributed by atoms with Gasteiger partial charge in [0.05, 0.1) is 5.56 Å². The van der Waals surface area contributed by atoms with Crippen LogP contribution in [0.1, 0.15) is 30.1 Å². The van der Waals surface area contributed by atoms with Crippen molar-refractivity contribution in [2.75, 3.05) is 64.3 Å². The van der Waals surface area contributed by atoms with Gasteiger partial charge < -0.3 is 14.7 Å². The van der Waals surface area contributed by atoms with E-state index in [2.05, 4.69) is 14.9 Å². The number of hydrogen-bond donors (Lipinski definition) is 0. The van der Waals surface area contributed by atoms with Gasteiger partial charge in [-0.3, -0.25) is 9.48 Å². The molecule has 2 aliphatic heterocycles. The van der Waals surface area contributed by atoms with Crippen molar-refractivity contribution in [3.05, 3.63) is 41.0 Å². The molecule has 2 fully saturated rings. The first-order chi connectivity index (χ1) is 16.3. The van der Waals surface area contributed by atoms with Gasteiger partial charge in [-0.05, 0) is 50.7 Å². The highest BCUT2D eigenvalue weighted by molar-refractivity contribution is 7.89. The van der Waals surface area contributed by atoms with Gasteiger partial charge in [0.25, 0.3) is 15.9 Å². The minimum atomic E-state index is -3.91. The van der Waals surface area contributed by atoms with Crippen LogP contribution < -0.4 is 4.90 Å². The molecule has 11 heteroatoms. The van der Waals surface area contributed by atoms with Crippen LogP contribution in [-0.4, -0.2) is 97.6 Å². The number of halogens is 1. The second-order valence-corrected chi connectivity index (χ2v) is 11.2. The number of amides is 1. The second kappa shape index (κ2) is 10.6. The van der Waals surface area contributed by atoms with Gasteiger partial charge in [-0.15, -0.1) is 0 Å². The molecular weight excluding hydrogens is 476 g/mol. The van der Waals surface area contributed by atoms with Crippen LogP contribution in [0.15, 0.2) is 35.5 Å². The van der Waals surface area contributed by atoms with Gasteiger partial charge in [0.2, 0.25) is 5.03 Å². The van der Waals surface area contributed by atoms with E-state index in [0.29, 0.717) is 50.8 Å². The summed E-state index contributed by atoms with van der Waals surface area (Å²) in [5.74, 6) is -0.254. The number of hydrogen-bond acceptors (Lipinski definition) is 6. The zero-order chi connectivity index (χ0) is 24.3. The number of benzene rings is 1. The number of rotatable bonds is 6. The number of anilines is 1. The Bertz CT molecular complexity index is 1100. The van der Waals surface area contributed by atoms with Crippen LogP contribution in [0.2, 0.25) is 5.02 Å². The number of aromatic nitrogens is 2. The first-order valence-corrected chi connectivity index (χ1v) is 13.7. The molecule has 4 rings (SSSR count). The zero-order valence-electron chi connectivity index (χ0n) is 19.9. The first-order valence-electron chi connectivity index (χ1n) is 11.9. The molecule has 1 amide bonds. The van der Waals surface area contributed by atoms with Crippen LogP contribution in [0.25, 0.3) is 0 Å². The number of carbonyl (C=O) groups is 1. The van der Waals surface area contributed by atoms with Crippen LogP contribution in [-0.2, 0) is 16.6 Å². The lowest BCUT2D eigenvalue weighted by Crippen LogP contribution is -2.49. The molecular formula is C23H33ClN6O3S. The molecule has 9 nitrogen and oxygen atoms in total. The highest BCUT2D eigenvalue weighted by Gasteiger charge is 2.36. The second-order valence-electron chi connectivity index (χ2n) is 8.93. The Kier molecular flexibility index (Phi) is 7.81. The molecule has 0 saturated carbocycles. The van der Waals surface area contributed by atoms with E-state index in [1.807, 2.05) is 38.2 Å². The normalized spacial score (nSPS) is 18.8. The molecule has 0 unspecified atom stereocenters. The fourth-order valence-corrected chi connectivity index (χ4v) is 6.11. The first kappa shape index (κ1) is 25.0. The third-order valence-electron chi connectivity index (χ3n) is 6.43. The summed E-state index contributed by atoms with van der Waals surface area (Å²) in [6.45, 7) is 7.19. The molecule has 0 N–H and O–H groups in total. The van der Waals surface area contributed by atoms with E-state index in [4.69, 9.17) is 11.6 Å². The summed E-state index contributed by atoms with van der Waals surface area (Å²) in [6.07, 6.45) is 3.26. The maximum absolute atomic E-state index is 13.7. The third-order valence-corrected chi connectivity index (χ3v) is 8.52. The van der Waals surface area contributed by atoms with E-state index in [0.717, 1.165) is 31.6 Å². The number of carbonyl (C=O) groups excluding carboxylic acids is 1. The lowest BCUT2D eigenvalue weighted by molar-refractivity contribution is 0.0758. The van der Waals surface area contributed by atoms with Crippen molar-refractivity contribution in [1.29, 1.82) is 0 Å². The van der Waals surface area contributed by atoms with Gasteiger partial charge in [0.15, 0.2) is 0 Å². The monoisotopic (exact) mass is 508 g/mol. The molecule has 0 bridgehead atoms. The molecule has 0 radical (unpaired) electrons. The molecule has 0 spiro atoms. The van der Waals surface area contributed by atoms with Crippen molar-refractivity contribution in [1.82, 2.24) is 23.9 Å². The minimum absolute atomic E-state index is 0.122. The Balaban J connectivity index is 1.55. The van der Waals surface area contributed by atoms with Crippen molar-refractivity contribution in [2.45, 2.75) is 31.3 Å². The Labute approximate surface area is 206 Å². The standard InChI is InChI=1S/C23H33ClN6O3S/c1-3-9-29-18-21(23(31)28-11-4-10-26(2)12-13-28)22(25-29)34(32,33)30-16-14-27(15-17-30)20-7-5-19(24)6-8-20/h5-8,18H,3-4,9-17H2,1-2H3. The summed E-state index contributed by atoms with van der Waals surface area (Å²) in [7, 11) is -1.88. The number of sulfonamides is 1. The SMILES string of the molecule is CCCn1cc(C(=O)N2CCCN(C)CC2)c(S(=O)(=O)N2CCN(c3ccc(Cl)cc3)CC2)n1. The predicted molar refractivity (Wildman–Crippen MR) is 133 cm³/mol. The number of likely N-dealkylation sites (N-methyl/N-ethyl adjacent to an activating group) is 1. The van der Waals surface area contributed by atoms with Gasteiger partial charge in [0.1, 0.15) is 0 Å². The lowest BCUT2D eigenvalue weighted by atomic mass is 10.2. The number of piperazine rings is 1. The molecule has 2 aromatic rings. The largest absolute Gasteiger partial charge is 0.369 e. The third kappa shape index (κ3) is 5.40. The summed E-state index contributed by atoms with van der Waals surface area (Å²) in [5, 5.41) is 4.93. The average molecular weight is 509 g/mol. The Hall–Kier alpha value is -2.14. The quantitative estimate of drug-likeness (QED) is 0.595. The Morgan fingerprint density at radius 3 is 2.38 bits per heavy atom. The van der Waals surface area contributed by atoms with E-state index >= 15 is 0 Å². The van der Waals surface area contributed by atoms with Crippen LogP contribution in [0, 0.1) is 0 Å². The van der Waals surface area contributed by atoms with Gasteiger partial charge in [-0.25, -0.2) is 8.42 Å². The maximum atomic E-state index is 13.7. The molecule has 2 aliphatic rings. The van der Waals surface area contributed by atoms with Gasteiger partial charge in [-0.2, -0.15) is 9.40 Å². The van der Waals surface area contributed by atoms with E-state index in [1.165, 1.54) is 4.31 Å². The molecule has 1 aromatic carbocycles. The molecule has 0 aliphatic carbocycles. The fraction of sp³-hybridized carbons (Fsp3) is 0.565. The maximum Gasteiger partial charge on any atom is 0.263 e. The van der Waals surface area contributed by atoms with Crippen molar-refractivity contribution in [3.8, 4) is 0 Å². The number of aryl methyl sites for hydroxylation is 1. The van der Waals surface area contributed by atoms with Crippen molar-refractivity contribution >= 4 is 33.2 Å². The smallest absolute Gasteiger partial charge is 0.263 e. The summed E-state index contributed by atoms with van der Waals surface area (Å²) in [4.78, 5) is 19.5. The van der Waals surface area contributed by atoms with Crippen LogP contribution in [0.5, 0.6) is 0 Å². The molecule has 0 atom stereocenters. The van der Waals surface area contributed by atoms with E-state index < -0.39 is 10.0 Å². The van der Waals surface area contributed by atoms with Gasteiger partial charge in [-0.1, -0.05) is 18.5 Å². The Morgan fingerprint density at radius 1 is 1.00 bits per heavy atom. The molecule has 34 heavy (non-hydrogen) atoms. The predicted octanol–water partition coefficient (Wildman–Crippen LogP) is 2.24. The van der Waals surface area contributed by atoms with Gasteiger partial charge in [0, 0.05) is 69.3 Å². The van der Waals surface area contributed by atoms with Crippen molar-refractivity contribution in [2.24, 2.45) is 0 Å². The minimum Gasteiger partial charge on any atom is -0.369 e. The van der Waals surface area contributed by atoms with Crippen LogP contribution >= 0.6 is 11.6 Å². The summed E-state index contributed by atoms with van der Waals surface area (Å²) < 4.78 is 30.4. The lowest BCUT2D eigenvalue weighted by Gasteiger charge is -2.35. The highest BCUT2D eigenvalue weighted by Crippen LogP contribution is 2.25. The Morgan fingerprint density at radius 2 is 1.71 bits per heavy atom. The van der Waals surface area contributed by atoms with E-state index in [-0.39, 0.29) is 16.5 Å². The average Bonchev–Trinajstić information content (AvgIpc) is 3.14. The highest BCUT2D eigenvalue weighted by atomic mass is 35.5. The van der Waals surface area contributed by atoms with Crippen molar-refractivity contribution < 1.29 is 13.2 Å². The zero-order valence-corrected chi connectivity index (χ0v) is 21.4. The number of nitrogens with zero attached hydrogens (tertiary/aromatic N) is 6. The molecule has 2 saturated heterocycles. The fourth-order valence-electron chi connectivity index (χ4n) is 4.47. The van der Waals surface area contributed by atoms with Crippen molar-refractivity contribution in [3.63, 3.8) is 0 Å². The van der Waals surface area contributed by atoms with Crippen LogP contribution in [0.4, 0.5) is 5.69 Å². The molecule has 3 heterocycles. The van der Waals surface area contributed by atoms with Crippen LogP contribution in [0.3, 0.4) is 0 Å².